The van der Waals surface area contributed by atoms with Crippen molar-refractivity contribution in [2.75, 3.05) is 13.1 Å². The van der Waals surface area contributed by atoms with Crippen LogP contribution in [0.5, 0.6) is 0 Å². The molecule has 1 N–H and O–H groups in total. The van der Waals surface area contributed by atoms with E-state index in [4.69, 9.17) is 5.21 Å². The fraction of sp³-hybridized carbons (Fsp3) is 0.385. The van der Waals surface area contributed by atoms with Gasteiger partial charge in [-0.25, -0.2) is 8.78 Å². The third-order valence-electron chi connectivity index (χ3n) is 3.28. The monoisotopic (exact) mass is 268 g/mol. The molecular weight excluding hydrogens is 254 g/mol. The number of nitrogens with zero attached hydrogens (tertiary/aromatic N) is 2. The van der Waals surface area contributed by atoms with E-state index in [1.165, 1.54) is 6.07 Å². The number of hydrogen-bond acceptors (Lipinski definition) is 3. The largest absolute Gasteiger partial charge is 0.411 e. The van der Waals surface area contributed by atoms with E-state index in [0.717, 1.165) is 12.1 Å². The van der Waals surface area contributed by atoms with E-state index in [1.54, 1.807) is 4.90 Å². The number of oxime groups is 1. The van der Waals surface area contributed by atoms with Gasteiger partial charge in [0.25, 0.3) is 5.91 Å². The van der Waals surface area contributed by atoms with Crippen LogP contribution in [-0.2, 0) is 0 Å². The molecule has 1 fully saturated rings. The molecule has 0 spiro atoms. The van der Waals surface area contributed by atoms with Crippen LogP contribution in [-0.4, -0.2) is 34.8 Å². The normalized spacial score (nSPS) is 21.7. The molecule has 1 aliphatic rings. The van der Waals surface area contributed by atoms with Gasteiger partial charge in [-0.1, -0.05) is 12.1 Å². The SMILES string of the molecule is CC1CN(C(=O)c2ccc(F)c(F)c2)CC/C1=N\O. The minimum Gasteiger partial charge on any atom is -0.411 e. The molecule has 1 aromatic carbocycles. The lowest BCUT2D eigenvalue weighted by atomic mass is 9.97. The van der Waals surface area contributed by atoms with Gasteiger partial charge < -0.3 is 10.1 Å². The molecular formula is C13H14F2N2O2. The van der Waals surface area contributed by atoms with Crippen molar-refractivity contribution in [3.63, 3.8) is 0 Å². The highest BCUT2D eigenvalue weighted by Crippen LogP contribution is 2.17. The topological polar surface area (TPSA) is 52.9 Å². The third kappa shape index (κ3) is 2.72. The van der Waals surface area contributed by atoms with Crippen molar-refractivity contribution in [2.45, 2.75) is 13.3 Å². The maximum absolute atomic E-state index is 13.1. The summed E-state index contributed by atoms with van der Waals surface area (Å²) in [6.45, 7) is 2.65. The van der Waals surface area contributed by atoms with Gasteiger partial charge in [-0.2, -0.15) is 0 Å². The molecule has 0 aliphatic carbocycles. The number of piperidine rings is 1. The molecule has 1 heterocycles. The minimum atomic E-state index is -1.03. The van der Waals surface area contributed by atoms with E-state index >= 15 is 0 Å². The predicted octanol–water partition coefficient (Wildman–Crippen LogP) is 2.28. The predicted molar refractivity (Wildman–Crippen MR) is 65.3 cm³/mol. The summed E-state index contributed by atoms with van der Waals surface area (Å²) in [5.74, 6) is -2.40. The van der Waals surface area contributed by atoms with Gasteiger partial charge in [0.2, 0.25) is 0 Å². The maximum Gasteiger partial charge on any atom is 0.253 e. The molecule has 0 aromatic heterocycles. The van der Waals surface area contributed by atoms with E-state index < -0.39 is 11.6 Å². The number of halogens is 2. The van der Waals surface area contributed by atoms with E-state index in [1.807, 2.05) is 6.92 Å². The zero-order valence-electron chi connectivity index (χ0n) is 10.4. The van der Waals surface area contributed by atoms with Gasteiger partial charge in [0.1, 0.15) is 0 Å². The first kappa shape index (κ1) is 13.5. The molecule has 1 aliphatic heterocycles. The number of amides is 1. The average molecular weight is 268 g/mol. The highest BCUT2D eigenvalue weighted by atomic mass is 19.2. The lowest BCUT2D eigenvalue weighted by Gasteiger charge is -2.31. The Morgan fingerprint density at radius 2 is 2.16 bits per heavy atom. The first-order chi connectivity index (χ1) is 9.02. The Kier molecular flexibility index (Phi) is 3.78. The van der Waals surface area contributed by atoms with Gasteiger partial charge in [0.15, 0.2) is 11.6 Å². The lowest BCUT2D eigenvalue weighted by Crippen LogP contribution is -2.43. The number of carbonyl (C=O) groups excluding carboxylic acids is 1. The van der Waals surface area contributed by atoms with Crippen LogP contribution in [0.2, 0.25) is 0 Å². The quantitative estimate of drug-likeness (QED) is 0.627. The van der Waals surface area contributed by atoms with Crippen molar-refractivity contribution in [1.29, 1.82) is 0 Å². The Bertz CT molecular complexity index is 531. The Hall–Kier alpha value is -1.98. The zero-order valence-corrected chi connectivity index (χ0v) is 10.4. The van der Waals surface area contributed by atoms with Crippen LogP contribution in [0.1, 0.15) is 23.7 Å². The van der Waals surface area contributed by atoms with Crippen LogP contribution >= 0.6 is 0 Å². The summed E-state index contributed by atoms with van der Waals surface area (Å²) in [6.07, 6.45) is 0.479. The zero-order chi connectivity index (χ0) is 14.0. The molecule has 0 radical (unpaired) electrons. The molecule has 0 saturated carbocycles. The van der Waals surface area contributed by atoms with Crippen molar-refractivity contribution < 1.29 is 18.8 Å². The van der Waals surface area contributed by atoms with Gasteiger partial charge >= 0.3 is 0 Å². The van der Waals surface area contributed by atoms with Crippen LogP contribution in [0.25, 0.3) is 0 Å². The lowest BCUT2D eigenvalue weighted by molar-refractivity contribution is 0.0733. The van der Waals surface area contributed by atoms with Crippen molar-refractivity contribution in [2.24, 2.45) is 11.1 Å². The van der Waals surface area contributed by atoms with Crippen LogP contribution in [0.15, 0.2) is 23.4 Å². The summed E-state index contributed by atoms with van der Waals surface area (Å²) >= 11 is 0. The Morgan fingerprint density at radius 1 is 1.42 bits per heavy atom. The second kappa shape index (κ2) is 5.34. The second-order valence-electron chi connectivity index (χ2n) is 4.62. The molecule has 6 heteroatoms. The molecule has 1 amide bonds. The van der Waals surface area contributed by atoms with Crippen molar-refractivity contribution in [3.05, 3.63) is 35.4 Å². The van der Waals surface area contributed by atoms with Gasteiger partial charge in [0, 0.05) is 31.0 Å². The Labute approximate surface area is 109 Å². The Balaban J connectivity index is 2.14. The van der Waals surface area contributed by atoms with Gasteiger partial charge in [-0.3, -0.25) is 4.79 Å². The summed E-state index contributed by atoms with van der Waals surface area (Å²) in [7, 11) is 0. The van der Waals surface area contributed by atoms with E-state index in [2.05, 4.69) is 5.16 Å². The van der Waals surface area contributed by atoms with Gasteiger partial charge in [0.05, 0.1) is 5.71 Å². The van der Waals surface area contributed by atoms with Crippen LogP contribution in [0, 0.1) is 17.6 Å². The average Bonchev–Trinajstić information content (AvgIpc) is 2.41. The molecule has 19 heavy (non-hydrogen) atoms. The number of carbonyl (C=O) groups is 1. The van der Waals surface area contributed by atoms with E-state index in [0.29, 0.717) is 25.2 Å². The summed E-state index contributed by atoms with van der Waals surface area (Å²) in [5.41, 5.74) is 0.768. The summed E-state index contributed by atoms with van der Waals surface area (Å²) < 4.78 is 25.9. The highest BCUT2D eigenvalue weighted by molar-refractivity contribution is 5.96. The standard InChI is InChI=1S/C13H14F2N2O2/c1-8-7-17(5-4-12(8)16-19)13(18)9-2-3-10(14)11(15)6-9/h2-3,6,8,19H,4-5,7H2,1H3/b16-12+. The van der Waals surface area contributed by atoms with Gasteiger partial charge in [-0.15, -0.1) is 0 Å². The second-order valence-corrected chi connectivity index (χ2v) is 4.62. The molecule has 102 valence electrons. The molecule has 2 rings (SSSR count). The smallest absolute Gasteiger partial charge is 0.253 e. The number of hydrogen-bond donors (Lipinski definition) is 1. The van der Waals surface area contributed by atoms with Crippen molar-refractivity contribution in [3.8, 4) is 0 Å². The first-order valence-corrected chi connectivity index (χ1v) is 5.98. The first-order valence-electron chi connectivity index (χ1n) is 5.98. The molecule has 1 atom stereocenters. The highest BCUT2D eigenvalue weighted by Gasteiger charge is 2.26. The molecule has 0 bridgehead atoms. The molecule has 4 nitrogen and oxygen atoms in total. The molecule has 1 unspecified atom stereocenters. The third-order valence-corrected chi connectivity index (χ3v) is 3.28. The number of likely N-dealkylation sites (tertiary alicyclic amines) is 1. The number of benzene rings is 1. The molecule has 1 saturated heterocycles. The summed E-state index contributed by atoms with van der Waals surface area (Å²) in [4.78, 5) is 13.7. The van der Waals surface area contributed by atoms with Crippen molar-refractivity contribution >= 4 is 11.6 Å². The van der Waals surface area contributed by atoms with E-state index in [9.17, 15) is 13.6 Å². The van der Waals surface area contributed by atoms with Crippen LogP contribution in [0.4, 0.5) is 8.78 Å². The fourth-order valence-corrected chi connectivity index (χ4v) is 2.17. The summed E-state index contributed by atoms with van der Waals surface area (Å²) in [5, 5.41) is 12.0. The van der Waals surface area contributed by atoms with Crippen molar-refractivity contribution in [1.82, 2.24) is 4.90 Å². The maximum atomic E-state index is 13.1. The Morgan fingerprint density at radius 3 is 2.74 bits per heavy atom. The minimum absolute atomic E-state index is 0.0482. The molecule has 1 aromatic rings. The number of rotatable bonds is 1. The fourth-order valence-electron chi connectivity index (χ4n) is 2.17. The van der Waals surface area contributed by atoms with E-state index in [-0.39, 0.29) is 17.4 Å². The van der Waals surface area contributed by atoms with Crippen LogP contribution < -0.4 is 0 Å². The van der Waals surface area contributed by atoms with Crippen LogP contribution in [0.3, 0.4) is 0 Å². The summed E-state index contributed by atoms with van der Waals surface area (Å²) in [6, 6.07) is 3.11. The van der Waals surface area contributed by atoms with Gasteiger partial charge in [-0.05, 0) is 18.2 Å².